The molecule has 11 aromatic rings. The van der Waals surface area contributed by atoms with Gasteiger partial charge in [-0.05, 0) is 120 Å². The van der Waals surface area contributed by atoms with Crippen LogP contribution >= 0.6 is 11.8 Å². The first-order valence-corrected chi connectivity index (χ1v) is 26.6. The normalized spacial score (nSPS) is 15.5. The zero-order valence-corrected chi connectivity index (χ0v) is 42.2. The maximum Gasteiger partial charge on any atom is 0.333 e. The summed E-state index contributed by atoms with van der Waals surface area (Å²) in [6.07, 6.45) is 0. The minimum absolute atomic E-state index is 0.0617. The summed E-state index contributed by atoms with van der Waals surface area (Å²) in [6.45, 7) is 11.6. The van der Waals surface area contributed by atoms with Gasteiger partial charge in [-0.3, -0.25) is 0 Å². The first-order chi connectivity index (χ1) is 35.6. The fraction of sp³-hybridized carbons (Fsp3) is 0.118. The molecular weight excluding hydrogens is 904 g/mol. The van der Waals surface area contributed by atoms with Gasteiger partial charge in [-0.2, -0.15) is 0 Å². The third kappa shape index (κ3) is 5.28. The number of hydrogen-bond acceptors (Lipinski definition) is 4. The van der Waals surface area contributed by atoms with Crippen molar-refractivity contribution in [2.75, 3.05) is 9.71 Å². The van der Waals surface area contributed by atoms with Crippen LogP contribution in [-0.4, -0.2) is 6.85 Å². The van der Waals surface area contributed by atoms with Crippen LogP contribution in [0.4, 0.5) is 28.4 Å². The van der Waals surface area contributed by atoms with Crippen LogP contribution in [-0.2, 0) is 16.2 Å². The second kappa shape index (κ2) is 14.4. The van der Waals surface area contributed by atoms with E-state index in [1.165, 1.54) is 115 Å². The third-order valence-electron chi connectivity index (χ3n) is 17.2. The van der Waals surface area contributed by atoms with Gasteiger partial charge in [-0.15, -0.1) is 0 Å². The monoisotopic (exact) mass is 952 g/mol. The van der Waals surface area contributed by atoms with E-state index in [0.29, 0.717) is 0 Å². The molecule has 5 aliphatic rings. The minimum atomic E-state index is -0.555. The van der Waals surface area contributed by atoms with E-state index in [1.54, 1.807) is 0 Å². The van der Waals surface area contributed by atoms with Gasteiger partial charge >= 0.3 is 6.85 Å². The fourth-order valence-corrected chi connectivity index (χ4v) is 15.5. The molecule has 5 heteroatoms. The standard InChI is InChI=1S/C68H49BN2OS/c1-66(2,3)41-34-35-54(46(36-41)40-20-7-6-8-21-40)70-56-37-52-61(73-60-33-18-15-29-50(60)67(52,4)5)38-53(56)69-64-57(70)39-59-62(44-24-11-17-32-58(44)72-59)63(64)45-25-19-30-51-65(45)71(69)55-31-16-14-28-49(55)68(51)47-26-12-9-22-42(47)43-23-10-13-27-48(43)68/h6-39H,1-5H3. The van der Waals surface area contributed by atoms with Gasteiger partial charge in [-0.1, -0.05) is 204 Å². The smallest absolute Gasteiger partial charge is 0.333 e. The van der Waals surface area contributed by atoms with Crippen molar-refractivity contribution >= 4 is 79.9 Å². The number of benzene rings is 10. The molecule has 1 spiro atoms. The van der Waals surface area contributed by atoms with Gasteiger partial charge in [0, 0.05) is 65.9 Å². The van der Waals surface area contributed by atoms with Crippen LogP contribution in [0.2, 0.25) is 0 Å². The van der Waals surface area contributed by atoms with Crippen molar-refractivity contribution in [2.24, 2.45) is 0 Å². The molecule has 1 aromatic heterocycles. The molecule has 1 aliphatic carbocycles. The van der Waals surface area contributed by atoms with E-state index in [4.69, 9.17) is 4.42 Å². The van der Waals surface area contributed by atoms with Crippen molar-refractivity contribution in [3.05, 3.63) is 245 Å². The van der Waals surface area contributed by atoms with E-state index in [-0.39, 0.29) is 17.7 Å². The van der Waals surface area contributed by atoms with Gasteiger partial charge in [0.05, 0.1) is 11.1 Å². The molecule has 0 saturated heterocycles. The Hall–Kier alpha value is -7.99. The summed E-state index contributed by atoms with van der Waals surface area (Å²) in [7, 11) is 0. The van der Waals surface area contributed by atoms with E-state index < -0.39 is 5.41 Å². The van der Waals surface area contributed by atoms with Gasteiger partial charge in [0.2, 0.25) is 0 Å². The summed E-state index contributed by atoms with van der Waals surface area (Å²) >= 11 is 1.93. The Morgan fingerprint density at radius 2 is 1.14 bits per heavy atom. The number of rotatable bonds is 2. The molecule has 346 valence electrons. The average Bonchev–Trinajstić information content (AvgIpc) is 3.93. The maximum atomic E-state index is 7.15. The Morgan fingerprint density at radius 1 is 0.479 bits per heavy atom. The Kier molecular flexibility index (Phi) is 8.19. The van der Waals surface area contributed by atoms with E-state index in [2.05, 4.69) is 251 Å². The van der Waals surface area contributed by atoms with Crippen molar-refractivity contribution in [3.63, 3.8) is 0 Å². The molecule has 5 heterocycles. The molecule has 0 N–H and O–H groups in total. The van der Waals surface area contributed by atoms with Crippen molar-refractivity contribution in [1.82, 2.24) is 0 Å². The zero-order chi connectivity index (χ0) is 48.7. The molecule has 0 fully saturated rings. The maximum absolute atomic E-state index is 7.15. The van der Waals surface area contributed by atoms with E-state index >= 15 is 0 Å². The van der Waals surface area contributed by atoms with Crippen LogP contribution < -0.4 is 20.6 Å². The highest BCUT2D eigenvalue weighted by molar-refractivity contribution is 7.99. The van der Waals surface area contributed by atoms with Gasteiger partial charge in [-0.25, -0.2) is 0 Å². The molecule has 3 nitrogen and oxygen atoms in total. The lowest BCUT2D eigenvalue weighted by Crippen LogP contribution is -2.63. The zero-order valence-electron chi connectivity index (χ0n) is 41.4. The molecule has 16 rings (SSSR count). The molecule has 10 aromatic carbocycles. The van der Waals surface area contributed by atoms with Gasteiger partial charge < -0.3 is 14.1 Å². The van der Waals surface area contributed by atoms with Gasteiger partial charge in [0.1, 0.15) is 11.2 Å². The molecule has 0 amide bonds. The van der Waals surface area contributed by atoms with Crippen molar-refractivity contribution in [1.29, 1.82) is 0 Å². The minimum Gasteiger partial charge on any atom is -0.456 e. The first kappa shape index (κ1) is 41.6. The predicted molar refractivity (Wildman–Crippen MR) is 305 cm³/mol. The quantitative estimate of drug-likeness (QED) is 0.161. The third-order valence-corrected chi connectivity index (χ3v) is 18.4. The lowest BCUT2D eigenvalue weighted by Gasteiger charge is -2.52. The Labute approximate surface area is 430 Å². The van der Waals surface area contributed by atoms with Crippen LogP contribution in [0.5, 0.6) is 0 Å². The molecule has 0 atom stereocenters. The molecule has 0 bridgehead atoms. The molecule has 4 aliphatic heterocycles. The van der Waals surface area contributed by atoms with Gasteiger partial charge in [0.25, 0.3) is 0 Å². The molecule has 73 heavy (non-hydrogen) atoms. The summed E-state index contributed by atoms with van der Waals surface area (Å²) in [5.41, 5.74) is 26.3. The number of furan rings is 1. The van der Waals surface area contributed by atoms with Crippen molar-refractivity contribution < 1.29 is 4.42 Å². The van der Waals surface area contributed by atoms with E-state index in [9.17, 15) is 0 Å². The number of anilines is 5. The summed E-state index contributed by atoms with van der Waals surface area (Å²) in [6, 6.07) is 78.4. The highest BCUT2D eigenvalue weighted by Gasteiger charge is 2.57. The Balaban J connectivity index is 1.10. The summed E-state index contributed by atoms with van der Waals surface area (Å²) in [5, 5.41) is 2.31. The van der Waals surface area contributed by atoms with Crippen LogP contribution in [0.3, 0.4) is 0 Å². The van der Waals surface area contributed by atoms with Crippen LogP contribution in [0.1, 0.15) is 73.6 Å². The summed E-state index contributed by atoms with van der Waals surface area (Å²) < 4.78 is 7.15. The Bertz CT molecular complexity index is 4190. The molecular formula is C68H49BN2OS. The molecule has 0 radical (unpaired) electrons. The first-order valence-electron chi connectivity index (χ1n) is 25.8. The van der Waals surface area contributed by atoms with Crippen molar-refractivity contribution in [2.45, 2.75) is 60.7 Å². The number of fused-ring (bicyclic) bond motifs is 19. The average molecular weight is 953 g/mol. The highest BCUT2D eigenvalue weighted by Crippen LogP contribution is 2.66. The molecule has 0 unspecified atom stereocenters. The lowest BCUT2D eigenvalue weighted by molar-refractivity contribution is 0.590. The van der Waals surface area contributed by atoms with Crippen molar-refractivity contribution in [3.8, 4) is 33.4 Å². The van der Waals surface area contributed by atoms with Crippen LogP contribution in [0, 0.1) is 0 Å². The van der Waals surface area contributed by atoms with Crippen LogP contribution in [0.15, 0.2) is 220 Å². The fourth-order valence-electron chi connectivity index (χ4n) is 14.1. The Morgan fingerprint density at radius 3 is 1.92 bits per heavy atom. The largest absolute Gasteiger partial charge is 0.456 e. The lowest BCUT2D eigenvalue weighted by atomic mass is 9.42. The number of para-hydroxylation sites is 3. The van der Waals surface area contributed by atoms with Gasteiger partial charge in [0.15, 0.2) is 0 Å². The predicted octanol–water partition coefficient (Wildman–Crippen LogP) is 16.7. The summed E-state index contributed by atoms with van der Waals surface area (Å²) in [5.74, 6) is 0. The number of hydrogen-bond donors (Lipinski definition) is 0. The SMILES string of the molecule is CC(C)(C)c1ccc(N2c3cc4c(cc3B3c5c2cc2oc6ccccc6c2c5-c2cccc5c2N3c2ccccc2C52c3ccccc3-c3ccccc32)Sc2ccccc2C4(C)C)c(-c2ccccc2)c1. The second-order valence-electron chi connectivity index (χ2n) is 22.3. The summed E-state index contributed by atoms with van der Waals surface area (Å²) in [4.78, 5) is 8.03. The highest BCUT2D eigenvalue weighted by atomic mass is 32.2. The number of nitrogens with zero attached hydrogens (tertiary/aromatic N) is 2. The van der Waals surface area contributed by atoms with Crippen LogP contribution in [0.25, 0.3) is 55.3 Å². The van der Waals surface area contributed by atoms with E-state index in [1.807, 2.05) is 11.8 Å². The second-order valence-corrected chi connectivity index (χ2v) is 23.4. The molecule has 0 saturated carbocycles. The topological polar surface area (TPSA) is 19.6 Å². The van der Waals surface area contributed by atoms with E-state index in [0.717, 1.165) is 27.9 Å².